The lowest BCUT2D eigenvalue weighted by Gasteiger charge is -2.11. The van der Waals surface area contributed by atoms with Crippen molar-refractivity contribution >= 4 is 11.7 Å². The Morgan fingerprint density at radius 2 is 2.16 bits per heavy atom. The van der Waals surface area contributed by atoms with Crippen LogP contribution in [0.5, 0.6) is 5.75 Å². The molecule has 1 aliphatic heterocycles. The second-order valence-electron chi connectivity index (χ2n) is 6.66. The highest BCUT2D eigenvalue weighted by Gasteiger charge is 2.18. The number of benzene rings is 1. The third-order valence-electron chi connectivity index (χ3n) is 3.97. The Balaban J connectivity index is 1.54. The molecule has 0 spiro atoms. The summed E-state index contributed by atoms with van der Waals surface area (Å²) in [5, 5.41) is 5.74. The fourth-order valence-corrected chi connectivity index (χ4v) is 2.91. The summed E-state index contributed by atoms with van der Waals surface area (Å²) in [6.45, 7) is 3.26. The van der Waals surface area contributed by atoms with Crippen LogP contribution in [-0.4, -0.2) is 36.1 Å². The Hall–Kier alpha value is -2.60. The number of hydrogen-bond donors (Lipinski definition) is 2. The highest BCUT2D eigenvalue weighted by Crippen LogP contribution is 2.29. The zero-order valence-corrected chi connectivity index (χ0v) is 14.9. The van der Waals surface area contributed by atoms with Crippen molar-refractivity contribution in [2.24, 2.45) is 0 Å². The van der Waals surface area contributed by atoms with Crippen molar-refractivity contribution < 1.29 is 9.53 Å². The molecular weight excluding hydrogens is 316 g/mol. The molecule has 2 amide bonds. The smallest absolute Gasteiger partial charge is 0.319 e. The number of ether oxygens (including phenoxy) is 1. The molecule has 2 heterocycles. The SMILES string of the molecule is C[C@H]1Cc2cc(CNC(=O)Nc3ccnc(CN(C)C)c3)ccc2O1. The average Bonchev–Trinajstić information content (AvgIpc) is 2.92. The van der Waals surface area contributed by atoms with E-state index in [4.69, 9.17) is 4.74 Å². The fourth-order valence-electron chi connectivity index (χ4n) is 2.91. The predicted octanol–water partition coefficient (Wildman–Crippen LogP) is 2.79. The number of urea groups is 1. The van der Waals surface area contributed by atoms with Crippen LogP contribution in [0.1, 0.15) is 23.7 Å². The van der Waals surface area contributed by atoms with Crippen molar-refractivity contribution in [3.05, 3.63) is 53.3 Å². The first kappa shape index (κ1) is 17.2. The van der Waals surface area contributed by atoms with E-state index in [0.29, 0.717) is 6.54 Å². The number of nitrogens with one attached hydrogen (secondary N) is 2. The standard InChI is InChI=1S/C19H24N4O2/c1-13-8-15-9-14(4-5-18(15)25-13)11-21-19(24)22-16-6-7-20-17(10-16)12-23(2)3/h4-7,9-10,13H,8,11-12H2,1-3H3,(H2,20,21,22,24)/t13-/m0/s1. The van der Waals surface area contributed by atoms with E-state index in [0.717, 1.165) is 35.7 Å². The summed E-state index contributed by atoms with van der Waals surface area (Å²) in [6.07, 6.45) is 2.85. The first-order valence-electron chi connectivity index (χ1n) is 8.42. The Bertz CT molecular complexity index is 761. The normalized spacial score (nSPS) is 15.6. The molecule has 0 radical (unpaired) electrons. The zero-order chi connectivity index (χ0) is 17.8. The Morgan fingerprint density at radius 3 is 2.96 bits per heavy atom. The highest BCUT2D eigenvalue weighted by atomic mass is 16.5. The Kier molecular flexibility index (Phi) is 5.19. The first-order valence-corrected chi connectivity index (χ1v) is 8.42. The van der Waals surface area contributed by atoms with E-state index in [9.17, 15) is 4.79 Å². The fraction of sp³-hybridized carbons (Fsp3) is 0.368. The van der Waals surface area contributed by atoms with Gasteiger partial charge in [0.1, 0.15) is 11.9 Å². The summed E-state index contributed by atoms with van der Waals surface area (Å²) in [7, 11) is 3.97. The van der Waals surface area contributed by atoms with Crippen LogP contribution in [0.15, 0.2) is 36.5 Å². The van der Waals surface area contributed by atoms with Gasteiger partial charge in [0.05, 0.1) is 5.69 Å². The molecule has 6 heteroatoms. The van der Waals surface area contributed by atoms with Gasteiger partial charge in [-0.15, -0.1) is 0 Å². The summed E-state index contributed by atoms with van der Waals surface area (Å²) in [6, 6.07) is 9.50. The van der Waals surface area contributed by atoms with Crippen LogP contribution in [0.4, 0.5) is 10.5 Å². The average molecular weight is 340 g/mol. The van der Waals surface area contributed by atoms with Gasteiger partial charge in [0.15, 0.2) is 0 Å². The largest absolute Gasteiger partial charge is 0.490 e. The third-order valence-corrected chi connectivity index (χ3v) is 3.97. The van der Waals surface area contributed by atoms with Gasteiger partial charge in [0.25, 0.3) is 0 Å². The molecule has 1 aromatic carbocycles. The minimum Gasteiger partial charge on any atom is -0.490 e. The second-order valence-corrected chi connectivity index (χ2v) is 6.66. The summed E-state index contributed by atoms with van der Waals surface area (Å²) < 4.78 is 5.70. The van der Waals surface area contributed by atoms with Gasteiger partial charge in [-0.1, -0.05) is 12.1 Å². The van der Waals surface area contributed by atoms with E-state index in [1.165, 1.54) is 5.56 Å². The summed E-state index contributed by atoms with van der Waals surface area (Å²) in [5.41, 5.74) is 3.92. The van der Waals surface area contributed by atoms with E-state index in [1.54, 1.807) is 12.3 Å². The molecule has 25 heavy (non-hydrogen) atoms. The maximum atomic E-state index is 12.1. The van der Waals surface area contributed by atoms with Crippen molar-refractivity contribution in [2.75, 3.05) is 19.4 Å². The van der Waals surface area contributed by atoms with Crippen LogP contribution in [0, 0.1) is 0 Å². The summed E-state index contributed by atoms with van der Waals surface area (Å²) in [5.74, 6) is 0.950. The number of fused-ring (bicyclic) bond motifs is 1. The van der Waals surface area contributed by atoms with Gasteiger partial charge < -0.3 is 20.3 Å². The summed E-state index contributed by atoms with van der Waals surface area (Å²) in [4.78, 5) is 18.5. The monoisotopic (exact) mass is 340 g/mol. The van der Waals surface area contributed by atoms with E-state index in [1.807, 2.05) is 37.2 Å². The number of pyridine rings is 1. The number of hydrogen-bond acceptors (Lipinski definition) is 4. The predicted molar refractivity (Wildman–Crippen MR) is 97.7 cm³/mol. The van der Waals surface area contributed by atoms with Gasteiger partial charge in [-0.3, -0.25) is 4.98 Å². The Morgan fingerprint density at radius 1 is 1.32 bits per heavy atom. The second kappa shape index (κ2) is 7.53. The molecule has 1 aliphatic rings. The van der Waals surface area contributed by atoms with E-state index < -0.39 is 0 Å². The third kappa shape index (κ3) is 4.70. The highest BCUT2D eigenvalue weighted by molar-refractivity contribution is 5.89. The van der Waals surface area contributed by atoms with Crippen LogP contribution in [0.2, 0.25) is 0 Å². The summed E-state index contributed by atoms with van der Waals surface area (Å²) >= 11 is 0. The molecule has 0 saturated carbocycles. The van der Waals surface area contributed by atoms with Crippen molar-refractivity contribution in [2.45, 2.75) is 32.5 Å². The zero-order valence-electron chi connectivity index (χ0n) is 14.9. The molecule has 0 saturated heterocycles. The van der Waals surface area contributed by atoms with Gasteiger partial charge in [-0.2, -0.15) is 0 Å². The maximum Gasteiger partial charge on any atom is 0.319 e. The van der Waals surface area contributed by atoms with Crippen LogP contribution < -0.4 is 15.4 Å². The molecular formula is C19H24N4O2. The number of carbonyl (C=O) groups excluding carboxylic acids is 1. The molecule has 1 atom stereocenters. The van der Waals surface area contributed by atoms with Crippen LogP contribution in [0.3, 0.4) is 0 Å². The molecule has 132 valence electrons. The minimum absolute atomic E-state index is 0.226. The number of carbonyl (C=O) groups is 1. The number of rotatable bonds is 5. The lowest BCUT2D eigenvalue weighted by atomic mass is 10.1. The number of nitrogens with zero attached hydrogens (tertiary/aromatic N) is 2. The maximum absolute atomic E-state index is 12.1. The van der Waals surface area contributed by atoms with Crippen LogP contribution >= 0.6 is 0 Å². The molecule has 6 nitrogen and oxygen atoms in total. The molecule has 1 aromatic heterocycles. The number of anilines is 1. The molecule has 0 bridgehead atoms. The molecule has 2 N–H and O–H groups in total. The number of aromatic nitrogens is 1. The Labute approximate surface area is 148 Å². The van der Waals surface area contributed by atoms with Gasteiger partial charge in [0.2, 0.25) is 0 Å². The van der Waals surface area contributed by atoms with Crippen molar-refractivity contribution in [1.82, 2.24) is 15.2 Å². The molecule has 3 rings (SSSR count). The van der Waals surface area contributed by atoms with Crippen LogP contribution in [0.25, 0.3) is 0 Å². The van der Waals surface area contributed by atoms with E-state index >= 15 is 0 Å². The van der Waals surface area contributed by atoms with Crippen molar-refractivity contribution in [1.29, 1.82) is 0 Å². The molecule has 0 unspecified atom stereocenters. The first-order chi connectivity index (χ1) is 12.0. The molecule has 0 fully saturated rings. The van der Waals surface area contributed by atoms with Gasteiger partial charge in [-0.05, 0) is 50.3 Å². The quantitative estimate of drug-likeness (QED) is 0.878. The molecule has 0 aliphatic carbocycles. The van der Waals surface area contributed by atoms with Crippen molar-refractivity contribution in [3.8, 4) is 5.75 Å². The lowest BCUT2D eigenvalue weighted by molar-refractivity contribution is 0.251. The van der Waals surface area contributed by atoms with E-state index in [2.05, 4.69) is 28.6 Å². The molecule has 2 aromatic rings. The van der Waals surface area contributed by atoms with Crippen molar-refractivity contribution in [3.63, 3.8) is 0 Å². The topological polar surface area (TPSA) is 66.5 Å². The van der Waals surface area contributed by atoms with Gasteiger partial charge in [0, 0.05) is 31.4 Å². The van der Waals surface area contributed by atoms with Gasteiger partial charge >= 0.3 is 6.03 Å². The van der Waals surface area contributed by atoms with E-state index in [-0.39, 0.29) is 12.1 Å². The number of amides is 2. The van der Waals surface area contributed by atoms with Crippen LogP contribution in [-0.2, 0) is 19.5 Å². The lowest BCUT2D eigenvalue weighted by Crippen LogP contribution is -2.28. The minimum atomic E-state index is -0.230. The van der Waals surface area contributed by atoms with Gasteiger partial charge in [-0.25, -0.2) is 4.79 Å².